The Labute approximate surface area is 133 Å². The van der Waals surface area contributed by atoms with Crippen LogP contribution in [0.5, 0.6) is 0 Å². The summed E-state index contributed by atoms with van der Waals surface area (Å²) in [7, 11) is 1.90. The number of hydrogen-bond donors (Lipinski definition) is 1. The molecule has 1 aromatic carbocycles. The van der Waals surface area contributed by atoms with Crippen LogP contribution in [0.1, 0.15) is 36.8 Å². The second-order valence-electron chi connectivity index (χ2n) is 4.98. The van der Waals surface area contributed by atoms with Gasteiger partial charge in [0.25, 0.3) is 0 Å². The van der Waals surface area contributed by atoms with Crippen LogP contribution in [0.25, 0.3) is 0 Å². The average molecular weight is 354 g/mol. The first-order valence-electron chi connectivity index (χ1n) is 7.27. The van der Waals surface area contributed by atoms with Gasteiger partial charge in [-0.15, -0.1) is 0 Å². The average Bonchev–Trinajstić information content (AvgIpc) is 2.90. The summed E-state index contributed by atoms with van der Waals surface area (Å²) >= 11 is 3.35. The van der Waals surface area contributed by atoms with Crippen LogP contribution in [0.15, 0.2) is 28.7 Å². The molecule has 0 fully saturated rings. The zero-order chi connectivity index (χ0) is 15.4. The first kappa shape index (κ1) is 16.2. The van der Waals surface area contributed by atoms with Crippen LogP contribution in [0, 0.1) is 5.82 Å². The number of likely N-dealkylation sites (N-methyl/N-ethyl adjacent to an activating group) is 1. The highest BCUT2D eigenvalue weighted by Crippen LogP contribution is 2.28. The van der Waals surface area contributed by atoms with Gasteiger partial charge in [0.2, 0.25) is 0 Å². The highest BCUT2D eigenvalue weighted by Gasteiger charge is 2.18. The predicted octanol–water partition coefficient (Wildman–Crippen LogP) is 3.87. The van der Waals surface area contributed by atoms with Crippen LogP contribution >= 0.6 is 15.9 Å². The number of nitrogens with one attached hydrogen (secondary N) is 1. The minimum atomic E-state index is -0.231. The van der Waals surface area contributed by atoms with Crippen LogP contribution in [0.3, 0.4) is 0 Å². The van der Waals surface area contributed by atoms with Crippen LogP contribution in [0.4, 0.5) is 4.39 Å². The lowest BCUT2D eigenvalue weighted by molar-refractivity contribution is 0.533. The molecule has 0 amide bonds. The standard InChI is InChI=1S/C16H21BrFN3/c1-4-11-9-12(21(5-2)20-11)10-15(19-3)13-7-6-8-14(18)16(13)17/h6-9,15,19H,4-5,10H2,1-3H3. The van der Waals surface area contributed by atoms with Gasteiger partial charge in [0, 0.05) is 24.7 Å². The van der Waals surface area contributed by atoms with E-state index in [9.17, 15) is 4.39 Å². The number of nitrogens with zero attached hydrogens (tertiary/aromatic N) is 2. The van der Waals surface area contributed by atoms with Crippen molar-refractivity contribution in [3.05, 3.63) is 51.5 Å². The van der Waals surface area contributed by atoms with Gasteiger partial charge in [0.15, 0.2) is 0 Å². The molecule has 5 heteroatoms. The number of rotatable bonds is 6. The van der Waals surface area contributed by atoms with Crippen LogP contribution < -0.4 is 5.32 Å². The molecule has 1 N–H and O–H groups in total. The molecule has 114 valence electrons. The van der Waals surface area contributed by atoms with Gasteiger partial charge in [0.1, 0.15) is 5.82 Å². The summed E-state index contributed by atoms with van der Waals surface area (Å²) in [5.41, 5.74) is 3.20. The van der Waals surface area contributed by atoms with E-state index >= 15 is 0 Å². The first-order chi connectivity index (χ1) is 10.1. The minimum Gasteiger partial charge on any atom is -0.313 e. The van der Waals surface area contributed by atoms with Crippen molar-refractivity contribution in [2.45, 2.75) is 39.3 Å². The smallest absolute Gasteiger partial charge is 0.137 e. The van der Waals surface area contributed by atoms with E-state index in [1.54, 1.807) is 6.07 Å². The van der Waals surface area contributed by atoms with E-state index in [4.69, 9.17) is 0 Å². The lowest BCUT2D eigenvalue weighted by atomic mass is 10.0. The zero-order valence-electron chi connectivity index (χ0n) is 12.7. The Morgan fingerprint density at radius 1 is 1.38 bits per heavy atom. The van der Waals surface area contributed by atoms with E-state index < -0.39 is 0 Å². The number of aryl methyl sites for hydroxylation is 2. The van der Waals surface area contributed by atoms with E-state index in [0.29, 0.717) is 4.47 Å². The lowest BCUT2D eigenvalue weighted by Gasteiger charge is -2.19. The molecule has 0 bridgehead atoms. The van der Waals surface area contributed by atoms with E-state index in [0.717, 1.165) is 30.6 Å². The van der Waals surface area contributed by atoms with E-state index in [1.807, 2.05) is 17.8 Å². The topological polar surface area (TPSA) is 29.9 Å². The van der Waals surface area contributed by atoms with Gasteiger partial charge in [-0.1, -0.05) is 19.1 Å². The molecular formula is C16H21BrFN3. The summed E-state index contributed by atoms with van der Waals surface area (Å²) in [6.45, 7) is 5.03. The number of aromatic nitrogens is 2. The SMILES string of the molecule is CCc1cc(CC(NC)c2cccc(F)c2Br)n(CC)n1. The fourth-order valence-electron chi connectivity index (χ4n) is 2.49. The molecule has 2 aromatic rings. The maximum absolute atomic E-state index is 13.7. The highest BCUT2D eigenvalue weighted by molar-refractivity contribution is 9.10. The number of halogens is 2. The first-order valence-corrected chi connectivity index (χ1v) is 8.06. The van der Waals surface area contributed by atoms with Gasteiger partial charge >= 0.3 is 0 Å². The van der Waals surface area contributed by atoms with Crippen molar-refractivity contribution < 1.29 is 4.39 Å². The molecule has 1 aromatic heterocycles. The summed E-state index contributed by atoms with van der Waals surface area (Å²) in [6.07, 6.45) is 1.70. The Kier molecular flexibility index (Phi) is 5.53. The Morgan fingerprint density at radius 2 is 2.14 bits per heavy atom. The lowest BCUT2D eigenvalue weighted by Crippen LogP contribution is -2.21. The van der Waals surface area contributed by atoms with Gasteiger partial charge in [-0.3, -0.25) is 4.68 Å². The van der Waals surface area contributed by atoms with E-state index in [-0.39, 0.29) is 11.9 Å². The van der Waals surface area contributed by atoms with E-state index in [2.05, 4.69) is 46.3 Å². The third-order valence-corrected chi connectivity index (χ3v) is 4.53. The number of benzene rings is 1. The molecular weight excluding hydrogens is 333 g/mol. The summed E-state index contributed by atoms with van der Waals surface area (Å²) in [5.74, 6) is -0.231. The maximum atomic E-state index is 13.7. The van der Waals surface area contributed by atoms with Crippen molar-refractivity contribution in [3.8, 4) is 0 Å². The van der Waals surface area contributed by atoms with Crippen molar-refractivity contribution in [1.82, 2.24) is 15.1 Å². The molecule has 1 unspecified atom stereocenters. The van der Waals surface area contributed by atoms with Gasteiger partial charge in [-0.2, -0.15) is 5.10 Å². The molecule has 0 aliphatic carbocycles. The summed E-state index contributed by atoms with van der Waals surface area (Å²) in [5, 5.41) is 7.85. The van der Waals surface area contributed by atoms with Gasteiger partial charge in [0.05, 0.1) is 10.2 Å². The Morgan fingerprint density at radius 3 is 2.76 bits per heavy atom. The van der Waals surface area contributed by atoms with Gasteiger partial charge in [-0.05, 0) is 54.0 Å². The van der Waals surface area contributed by atoms with Gasteiger partial charge < -0.3 is 5.32 Å². The third-order valence-electron chi connectivity index (χ3n) is 3.69. The van der Waals surface area contributed by atoms with E-state index in [1.165, 1.54) is 11.8 Å². The largest absolute Gasteiger partial charge is 0.313 e. The molecule has 0 saturated heterocycles. The molecule has 3 nitrogen and oxygen atoms in total. The third kappa shape index (κ3) is 3.52. The van der Waals surface area contributed by atoms with Gasteiger partial charge in [-0.25, -0.2) is 4.39 Å². The van der Waals surface area contributed by atoms with Crippen molar-refractivity contribution in [1.29, 1.82) is 0 Å². The molecule has 0 radical (unpaired) electrons. The molecule has 2 rings (SSSR count). The maximum Gasteiger partial charge on any atom is 0.137 e. The second-order valence-corrected chi connectivity index (χ2v) is 5.78. The quantitative estimate of drug-likeness (QED) is 0.854. The summed E-state index contributed by atoms with van der Waals surface area (Å²) in [6, 6.07) is 7.34. The molecule has 0 spiro atoms. The van der Waals surface area contributed by atoms with Crippen molar-refractivity contribution in [2.24, 2.45) is 0 Å². The Bertz CT molecular complexity index is 610. The Hall–Kier alpha value is -1.20. The normalized spacial score (nSPS) is 12.6. The second kappa shape index (κ2) is 7.18. The van der Waals surface area contributed by atoms with Crippen molar-refractivity contribution in [2.75, 3.05) is 7.05 Å². The fourth-order valence-corrected chi connectivity index (χ4v) is 3.03. The molecule has 0 aliphatic rings. The van der Waals surface area contributed by atoms with Crippen LogP contribution in [-0.2, 0) is 19.4 Å². The summed E-state index contributed by atoms with van der Waals surface area (Å²) in [4.78, 5) is 0. The molecule has 1 atom stereocenters. The fraction of sp³-hybridized carbons (Fsp3) is 0.438. The van der Waals surface area contributed by atoms with Crippen LogP contribution in [0.2, 0.25) is 0 Å². The van der Waals surface area contributed by atoms with Crippen molar-refractivity contribution >= 4 is 15.9 Å². The number of hydrogen-bond acceptors (Lipinski definition) is 2. The Balaban J connectivity index is 2.31. The minimum absolute atomic E-state index is 0.0433. The summed E-state index contributed by atoms with van der Waals surface area (Å²) < 4.78 is 16.3. The molecule has 21 heavy (non-hydrogen) atoms. The van der Waals surface area contributed by atoms with Crippen LogP contribution in [-0.4, -0.2) is 16.8 Å². The zero-order valence-corrected chi connectivity index (χ0v) is 14.2. The van der Waals surface area contributed by atoms with Crippen molar-refractivity contribution in [3.63, 3.8) is 0 Å². The monoisotopic (exact) mass is 353 g/mol. The highest BCUT2D eigenvalue weighted by atomic mass is 79.9. The predicted molar refractivity (Wildman–Crippen MR) is 86.9 cm³/mol. The molecule has 1 heterocycles. The molecule has 0 aliphatic heterocycles. The molecule has 0 saturated carbocycles.